The van der Waals surface area contributed by atoms with E-state index in [0.717, 1.165) is 37.7 Å². The number of hydrogen-bond acceptors (Lipinski definition) is 10. The van der Waals surface area contributed by atoms with E-state index in [1.165, 1.54) is 31.8 Å². The molecule has 0 spiro atoms. The Hall–Kier alpha value is -3.64. The smallest absolute Gasteiger partial charge is 0.308 e. The Labute approximate surface area is 324 Å². The summed E-state index contributed by atoms with van der Waals surface area (Å²) in [5.41, 5.74) is 0.813. The Morgan fingerprint density at radius 1 is 1.07 bits per heavy atom. The van der Waals surface area contributed by atoms with Crippen LogP contribution in [-0.4, -0.2) is 88.2 Å². The van der Waals surface area contributed by atoms with Crippen LogP contribution in [0.4, 0.5) is 0 Å². The lowest BCUT2D eigenvalue weighted by Gasteiger charge is -2.71. The molecule has 3 unspecified atom stereocenters. The fourth-order valence-electron chi connectivity index (χ4n) is 9.22. The number of Topliss-reactive ketones (excluding diaryl/α,β-unsaturated/α-hetero) is 1. The molecule has 3 aliphatic rings. The fourth-order valence-corrected chi connectivity index (χ4v) is 10.1. The third-order valence-electron chi connectivity index (χ3n) is 12.4. The summed E-state index contributed by atoms with van der Waals surface area (Å²) in [6.45, 7) is 11.3. The van der Waals surface area contributed by atoms with Crippen molar-refractivity contribution in [3.63, 3.8) is 0 Å². The number of amides is 2. The van der Waals surface area contributed by atoms with Crippen molar-refractivity contribution in [3.8, 4) is 0 Å². The number of benzene rings is 1. The summed E-state index contributed by atoms with van der Waals surface area (Å²) in [6, 6.07) is 10.1. The minimum Gasteiger partial charge on any atom is -0.469 e. The molecular weight excluding hydrogens is 705 g/mol. The van der Waals surface area contributed by atoms with Gasteiger partial charge in [0.2, 0.25) is 5.91 Å². The molecule has 9 atom stereocenters. The van der Waals surface area contributed by atoms with Crippen LogP contribution < -0.4 is 5.32 Å². The summed E-state index contributed by atoms with van der Waals surface area (Å²) in [6.07, 6.45) is 6.63. The summed E-state index contributed by atoms with van der Waals surface area (Å²) in [5, 5.41) is 5.17. The Kier molecular flexibility index (Phi) is 13.7. The molecule has 4 heterocycles. The molecule has 0 saturated carbocycles. The van der Waals surface area contributed by atoms with Crippen LogP contribution in [0, 0.1) is 23.7 Å². The van der Waals surface area contributed by atoms with Crippen molar-refractivity contribution < 1.29 is 33.4 Å². The molecule has 3 aliphatic heterocycles. The molecule has 3 fully saturated rings. The molecule has 2 aromatic rings. The number of aromatic nitrogens is 1. The van der Waals surface area contributed by atoms with Crippen molar-refractivity contribution in [3.05, 3.63) is 52.0 Å². The first-order valence-corrected chi connectivity index (χ1v) is 20.7. The van der Waals surface area contributed by atoms with E-state index in [9.17, 15) is 24.0 Å². The van der Waals surface area contributed by atoms with Gasteiger partial charge in [0.25, 0.3) is 5.91 Å². The van der Waals surface area contributed by atoms with Crippen molar-refractivity contribution >= 4 is 40.9 Å². The van der Waals surface area contributed by atoms with E-state index in [1.807, 2.05) is 44.2 Å². The number of thiazole rings is 1. The third-order valence-corrected chi connectivity index (χ3v) is 13.3. The van der Waals surface area contributed by atoms with E-state index in [0.29, 0.717) is 29.9 Å². The van der Waals surface area contributed by atoms with Crippen molar-refractivity contribution in [1.29, 1.82) is 0 Å². The van der Waals surface area contributed by atoms with Gasteiger partial charge in [-0.15, -0.1) is 11.3 Å². The Morgan fingerprint density at radius 2 is 1.80 bits per heavy atom. The second-order valence-electron chi connectivity index (χ2n) is 16.4. The van der Waals surface area contributed by atoms with Crippen LogP contribution in [0.5, 0.6) is 0 Å². The number of ether oxygens (including phenoxy) is 2. The molecule has 0 bridgehead atoms. The van der Waals surface area contributed by atoms with E-state index in [2.05, 4.69) is 29.0 Å². The average Bonchev–Trinajstić information content (AvgIpc) is 3.62. The first-order valence-electron chi connectivity index (χ1n) is 19.8. The lowest BCUT2D eigenvalue weighted by atomic mass is 9.58. The lowest BCUT2D eigenvalue weighted by molar-refractivity contribution is -0.209. The van der Waals surface area contributed by atoms with Gasteiger partial charge in [-0.2, -0.15) is 0 Å². The monoisotopic (exact) mass is 764 g/mol. The van der Waals surface area contributed by atoms with Crippen LogP contribution in [0.1, 0.15) is 126 Å². The molecule has 296 valence electrons. The molecule has 54 heavy (non-hydrogen) atoms. The van der Waals surface area contributed by atoms with Gasteiger partial charge >= 0.3 is 11.9 Å². The number of hydrogen-bond donors (Lipinski definition) is 1. The summed E-state index contributed by atoms with van der Waals surface area (Å²) in [7, 11) is 3.15. The van der Waals surface area contributed by atoms with Crippen LogP contribution in [0.15, 0.2) is 35.7 Å². The van der Waals surface area contributed by atoms with Crippen LogP contribution in [-0.2, 0) is 35.1 Å². The Morgan fingerprint density at radius 3 is 2.43 bits per heavy atom. The highest BCUT2D eigenvalue weighted by molar-refractivity contribution is 7.09. The van der Waals surface area contributed by atoms with E-state index < -0.39 is 29.8 Å². The summed E-state index contributed by atoms with van der Waals surface area (Å²) < 4.78 is 10.8. The first kappa shape index (κ1) is 41.5. The van der Waals surface area contributed by atoms with Gasteiger partial charge in [0.05, 0.1) is 18.6 Å². The van der Waals surface area contributed by atoms with Gasteiger partial charge in [-0.05, 0) is 62.3 Å². The number of carbonyl (C=O) groups is 5. The molecule has 5 rings (SSSR count). The topological polar surface area (TPSA) is 135 Å². The SMILES string of the molecule is CC[C@H](C)[C@H](CC(=O)C12CCCC3CC(C1)N32)C(=O)N(C)[C@H](C[C@@H](OC(C)=O)c1nc(C(=O)N[C@@H](Cc2ccccc2)C[C@H](C)C(=O)OC)cs1)C(C)C. The van der Waals surface area contributed by atoms with Crippen LogP contribution in [0.3, 0.4) is 0 Å². The number of ketones is 1. The quantitative estimate of drug-likeness (QED) is 0.158. The lowest BCUT2D eigenvalue weighted by Crippen LogP contribution is -2.81. The fraction of sp³-hybridized carbons (Fsp3) is 0.667. The van der Waals surface area contributed by atoms with Gasteiger partial charge in [0.15, 0.2) is 11.9 Å². The molecule has 1 aromatic carbocycles. The molecule has 12 heteroatoms. The number of nitrogens with one attached hydrogen (secondary N) is 1. The molecule has 2 amide bonds. The van der Waals surface area contributed by atoms with E-state index in [1.54, 1.807) is 24.3 Å². The van der Waals surface area contributed by atoms with Gasteiger partial charge < -0.3 is 19.7 Å². The van der Waals surface area contributed by atoms with Crippen molar-refractivity contribution in [2.45, 2.75) is 142 Å². The number of esters is 2. The molecular formula is C42H60N4O7S. The van der Waals surface area contributed by atoms with Gasteiger partial charge in [-0.3, -0.25) is 28.9 Å². The molecule has 11 nitrogen and oxygen atoms in total. The molecule has 0 radical (unpaired) electrons. The first-order chi connectivity index (χ1) is 25.7. The van der Waals surface area contributed by atoms with Crippen LogP contribution >= 0.6 is 11.3 Å². The normalized spacial score (nSPS) is 23.6. The predicted molar refractivity (Wildman–Crippen MR) is 208 cm³/mol. The summed E-state index contributed by atoms with van der Waals surface area (Å²) in [5.74, 6) is -1.95. The average molecular weight is 765 g/mol. The second-order valence-corrected chi connectivity index (χ2v) is 17.3. The highest BCUT2D eigenvalue weighted by atomic mass is 32.1. The number of nitrogens with zero attached hydrogens (tertiary/aromatic N) is 3. The minimum atomic E-state index is -0.795. The summed E-state index contributed by atoms with van der Waals surface area (Å²) >= 11 is 1.23. The second kappa shape index (κ2) is 17.9. The highest BCUT2D eigenvalue weighted by Crippen LogP contribution is 2.56. The largest absolute Gasteiger partial charge is 0.469 e. The van der Waals surface area contributed by atoms with Gasteiger partial charge in [-0.25, -0.2) is 4.98 Å². The van der Waals surface area contributed by atoms with Crippen LogP contribution in [0.25, 0.3) is 0 Å². The third kappa shape index (κ3) is 9.07. The van der Waals surface area contributed by atoms with Crippen molar-refractivity contribution in [2.24, 2.45) is 23.7 Å². The van der Waals surface area contributed by atoms with Gasteiger partial charge in [0.1, 0.15) is 10.7 Å². The minimum absolute atomic E-state index is 0.00487. The number of piperidine rings is 2. The molecule has 1 aromatic heterocycles. The van der Waals surface area contributed by atoms with Crippen molar-refractivity contribution in [1.82, 2.24) is 20.1 Å². The summed E-state index contributed by atoms with van der Waals surface area (Å²) in [4.78, 5) is 75.7. The predicted octanol–water partition coefficient (Wildman–Crippen LogP) is 6.55. The number of rotatable bonds is 19. The van der Waals surface area contributed by atoms with Crippen molar-refractivity contribution in [2.75, 3.05) is 14.2 Å². The zero-order chi connectivity index (χ0) is 39.3. The molecule has 1 N–H and O–H groups in total. The van der Waals surface area contributed by atoms with E-state index in [-0.39, 0.29) is 65.7 Å². The van der Waals surface area contributed by atoms with E-state index >= 15 is 0 Å². The molecule has 0 aliphatic carbocycles. The van der Waals surface area contributed by atoms with Gasteiger partial charge in [-0.1, -0.05) is 71.4 Å². The number of methoxy groups -OCH3 is 1. The van der Waals surface area contributed by atoms with Gasteiger partial charge in [0, 0.05) is 62.3 Å². The van der Waals surface area contributed by atoms with Crippen LogP contribution in [0.2, 0.25) is 0 Å². The standard InChI is InChI=1S/C42H60N4O7S/c1-9-26(4)33(21-37(48)42-17-13-16-31-20-32(23-42)46(31)42)40(50)45(7)35(25(2)3)22-36(53-28(6)47)39-44-34(24-54-39)38(49)43-30(18-27(5)41(51)52-8)19-29-14-11-10-12-15-29/h10-12,14-15,24-27,30-33,35-36H,9,13,16-23H2,1-8H3,(H,43,49)/t26-,27-,30+,31?,32?,33-,35+,36+,42?/m0/s1. The Balaban J connectivity index is 1.30. The Bertz CT molecular complexity index is 1640. The maximum atomic E-state index is 14.4. The maximum Gasteiger partial charge on any atom is 0.308 e. The number of carbonyl (C=O) groups excluding carboxylic acids is 5. The van der Waals surface area contributed by atoms with E-state index in [4.69, 9.17) is 9.47 Å². The molecule has 3 saturated heterocycles. The zero-order valence-corrected chi connectivity index (χ0v) is 34.2. The maximum absolute atomic E-state index is 14.4. The zero-order valence-electron chi connectivity index (χ0n) is 33.3. The highest BCUT2D eigenvalue weighted by Gasteiger charge is 2.65.